The Kier molecular flexibility index (Phi) is 3.72. The quantitative estimate of drug-likeness (QED) is 0.594. The summed E-state index contributed by atoms with van der Waals surface area (Å²) < 4.78 is 44.9. The first kappa shape index (κ1) is 12.3. The lowest BCUT2D eigenvalue weighted by molar-refractivity contribution is -0.154. The van der Waals surface area contributed by atoms with Crippen LogP contribution in [0.15, 0.2) is 6.33 Å². The van der Waals surface area contributed by atoms with Crippen molar-refractivity contribution < 1.29 is 22.6 Å². The molecule has 0 bridgehead atoms. The number of aromatic nitrogens is 2. The summed E-state index contributed by atoms with van der Waals surface area (Å²) in [6.45, 7) is -1.47. The Morgan fingerprint density at radius 1 is 1.44 bits per heavy atom. The van der Waals surface area contributed by atoms with Gasteiger partial charge in [0.15, 0.2) is 12.4 Å². The third-order valence-electron chi connectivity index (χ3n) is 1.48. The second-order valence-corrected chi connectivity index (χ2v) is 2.61. The number of hydrazine groups is 1. The molecule has 0 fully saturated rings. The molecule has 16 heavy (non-hydrogen) atoms. The van der Waals surface area contributed by atoms with Gasteiger partial charge in [-0.25, -0.2) is 10.8 Å². The SMILES string of the molecule is COc1c(NN)ncnc1OCC(F)(F)F. The van der Waals surface area contributed by atoms with Gasteiger partial charge < -0.3 is 14.9 Å². The molecule has 90 valence electrons. The molecule has 9 heteroatoms. The molecule has 0 saturated carbocycles. The molecule has 0 unspecified atom stereocenters. The number of halogens is 3. The summed E-state index contributed by atoms with van der Waals surface area (Å²) in [4.78, 5) is 7.15. The maximum atomic E-state index is 11.9. The van der Waals surface area contributed by atoms with Gasteiger partial charge in [0.1, 0.15) is 6.33 Å². The van der Waals surface area contributed by atoms with Crippen molar-refractivity contribution in [1.29, 1.82) is 0 Å². The molecule has 1 aromatic rings. The highest BCUT2D eigenvalue weighted by Crippen LogP contribution is 2.31. The van der Waals surface area contributed by atoms with Gasteiger partial charge in [0.2, 0.25) is 5.75 Å². The molecule has 0 aromatic carbocycles. The minimum atomic E-state index is -4.45. The topological polar surface area (TPSA) is 82.3 Å². The van der Waals surface area contributed by atoms with Crippen LogP contribution in [0.1, 0.15) is 0 Å². The highest BCUT2D eigenvalue weighted by Gasteiger charge is 2.29. The average Bonchev–Trinajstić information content (AvgIpc) is 2.24. The van der Waals surface area contributed by atoms with Gasteiger partial charge in [0.05, 0.1) is 7.11 Å². The first-order chi connectivity index (χ1) is 7.48. The molecule has 1 aromatic heterocycles. The lowest BCUT2D eigenvalue weighted by Gasteiger charge is -2.12. The van der Waals surface area contributed by atoms with Crippen LogP contribution in [0.25, 0.3) is 0 Å². The molecule has 0 aliphatic heterocycles. The Morgan fingerprint density at radius 3 is 2.62 bits per heavy atom. The molecule has 3 N–H and O–H groups in total. The van der Waals surface area contributed by atoms with Crippen molar-refractivity contribution in [2.45, 2.75) is 6.18 Å². The first-order valence-electron chi connectivity index (χ1n) is 4.03. The van der Waals surface area contributed by atoms with Gasteiger partial charge in [0, 0.05) is 0 Å². The predicted octanol–water partition coefficient (Wildman–Crippen LogP) is 0.712. The van der Waals surface area contributed by atoms with Crippen LogP contribution in [0.5, 0.6) is 11.6 Å². The van der Waals surface area contributed by atoms with E-state index in [-0.39, 0.29) is 17.4 Å². The Bertz CT molecular complexity index is 358. The molecule has 1 heterocycles. The van der Waals surface area contributed by atoms with Crippen molar-refractivity contribution in [3.63, 3.8) is 0 Å². The Balaban J connectivity index is 2.87. The molecule has 0 radical (unpaired) electrons. The summed E-state index contributed by atoms with van der Waals surface area (Å²) in [5, 5.41) is 0. The number of nitrogens with one attached hydrogen (secondary N) is 1. The van der Waals surface area contributed by atoms with Crippen molar-refractivity contribution in [3.05, 3.63) is 6.33 Å². The van der Waals surface area contributed by atoms with Crippen molar-refractivity contribution in [1.82, 2.24) is 9.97 Å². The molecular weight excluding hydrogens is 229 g/mol. The number of hydrogen-bond donors (Lipinski definition) is 2. The Morgan fingerprint density at radius 2 is 2.12 bits per heavy atom. The van der Waals surface area contributed by atoms with E-state index in [1.54, 1.807) is 0 Å². The fraction of sp³-hybridized carbons (Fsp3) is 0.429. The second kappa shape index (κ2) is 4.84. The van der Waals surface area contributed by atoms with Crippen LogP contribution in [0.4, 0.5) is 19.0 Å². The number of nitrogen functional groups attached to an aromatic ring is 1. The first-order valence-corrected chi connectivity index (χ1v) is 4.03. The zero-order chi connectivity index (χ0) is 12.2. The highest BCUT2D eigenvalue weighted by molar-refractivity contribution is 5.54. The van der Waals surface area contributed by atoms with E-state index in [0.717, 1.165) is 6.33 Å². The van der Waals surface area contributed by atoms with E-state index in [9.17, 15) is 13.2 Å². The maximum absolute atomic E-state index is 11.9. The van der Waals surface area contributed by atoms with Gasteiger partial charge in [-0.15, -0.1) is 0 Å². The molecule has 1 rings (SSSR count). The summed E-state index contributed by atoms with van der Waals surface area (Å²) in [5.74, 6) is 4.70. The highest BCUT2D eigenvalue weighted by atomic mass is 19.4. The summed E-state index contributed by atoms with van der Waals surface area (Å²) >= 11 is 0. The van der Waals surface area contributed by atoms with E-state index in [2.05, 4.69) is 20.1 Å². The normalized spacial score (nSPS) is 11.1. The lowest BCUT2D eigenvalue weighted by Crippen LogP contribution is -2.20. The molecule has 0 spiro atoms. The zero-order valence-corrected chi connectivity index (χ0v) is 8.21. The number of rotatable bonds is 4. The third-order valence-corrected chi connectivity index (χ3v) is 1.48. The fourth-order valence-corrected chi connectivity index (χ4v) is 0.897. The molecule has 0 saturated heterocycles. The molecule has 6 nitrogen and oxygen atoms in total. The van der Waals surface area contributed by atoms with Crippen LogP contribution in [0, 0.1) is 0 Å². The lowest BCUT2D eigenvalue weighted by atomic mass is 10.5. The molecular formula is C7H9F3N4O2. The number of nitrogens with zero attached hydrogens (tertiary/aromatic N) is 2. The summed E-state index contributed by atoms with van der Waals surface area (Å²) in [5.41, 5.74) is 2.15. The minimum Gasteiger partial charge on any atom is -0.489 e. The summed E-state index contributed by atoms with van der Waals surface area (Å²) in [7, 11) is 1.24. The van der Waals surface area contributed by atoms with Crippen molar-refractivity contribution in [2.24, 2.45) is 5.84 Å². The number of methoxy groups -OCH3 is 1. The van der Waals surface area contributed by atoms with Crippen molar-refractivity contribution >= 4 is 5.82 Å². The maximum Gasteiger partial charge on any atom is 0.422 e. The zero-order valence-electron chi connectivity index (χ0n) is 8.21. The monoisotopic (exact) mass is 238 g/mol. The van der Waals surface area contributed by atoms with E-state index in [0.29, 0.717) is 0 Å². The average molecular weight is 238 g/mol. The number of alkyl halides is 3. The molecule has 0 atom stereocenters. The van der Waals surface area contributed by atoms with Gasteiger partial charge in [-0.05, 0) is 0 Å². The Hall–Kier alpha value is -1.77. The van der Waals surface area contributed by atoms with E-state index in [1.807, 2.05) is 0 Å². The van der Waals surface area contributed by atoms with Crippen LogP contribution >= 0.6 is 0 Å². The van der Waals surface area contributed by atoms with Gasteiger partial charge >= 0.3 is 6.18 Å². The van der Waals surface area contributed by atoms with Crippen LogP contribution in [-0.4, -0.2) is 29.9 Å². The van der Waals surface area contributed by atoms with Gasteiger partial charge in [0.25, 0.3) is 5.88 Å². The number of hydrogen-bond acceptors (Lipinski definition) is 6. The van der Waals surface area contributed by atoms with Crippen LogP contribution in [0.3, 0.4) is 0 Å². The van der Waals surface area contributed by atoms with E-state index < -0.39 is 12.8 Å². The van der Waals surface area contributed by atoms with Crippen LogP contribution < -0.4 is 20.7 Å². The summed E-state index contributed by atoms with van der Waals surface area (Å²) in [6, 6.07) is 0. The van der Waals surface area contributed by atoms with Crippen LogP contribution in [-0.2, 0) is 0 Å². The van der Waals surface area contributed by atoms with Gasteiger partial charge in [-0.2, -0.15) is 18.2 Å². The molecule has 0 amide bonds. The van der Waals surface area contributed by atoms with E-state index in [4.69, 9.17) is 10.6 Å². The van der Waals surface area contributed by atoms with E-state index in [1.165, 1.54) is 7.11 Å². The number of ether oxygens (including phenoxy) is 2. The van der Waals surface area contributed by atoms with Gasteiger partial charge in [-0.1, -0.05) is 0 Å². The van der Waals surface area contributed by atoms with E-state index >= 15 is 0 Å². The fourth-order valence-electron chi connectivity index (χ4n) is 0.897. The predicted molar refractivity (Wildman–Crippen MR) is 47.9 cm³/mol. The number of anilines is 1. The van der Waals surface area contributed by atoms with Crippen molar-refractivity contribution in [3.8, 4) is 11.6 Å². The molecule has 0 aliphatic rings. The van der Waals surface area contributed by atoms with Gasteiger partial charge in [-0.3, -0.25) is 0 Å². The standard InChI is InChI=1S/C7H9F3N4O2/c1-15-4-5(14-11)12-3-13-6(4)16-2-7(8,9)10/h3H,2,11H2,1H3,(H,12,13,14). The third kappa shape index (κ3) is 3.12. The summed E-state index contributed by atoms with van der Waals surface area (Å²) in [6.07, 6.45) is -3.45. The molecule has 0 aliphatic carbocycles. The van der Waals surface area contributed by atoms with Crippen molar-refractivity contribution in [2.75, 3.05) is 19.1 Å². The largest absolute Gasteiger partial charge is 0.489 e. The van der Waals surface area contributed by atoms with Crippen LogP contribution in [0.2, 0.25) is 0 Å². The minimum absolute atomic E-state index is 0.0367. The second-order valence-electron chi connectivity index (χ2n) is 2.61. The number of nitrogens with two attached hydrogens (primary N) is 1. The Labute approximate surface area is 88.5 Å². The smallest absolute Gasteiger partial charge is 0.422 e.